The standard InChI is InChI=1S/C19H19ClF3N3O4/c1-10(12-3-5-13(6-4-12)30-19(21,22)23)7-16-24-15(20)8-17(25-16)26-14(11(2)27)9-29-18(26)28/h3-6,8,10-11,14,27H,7,9H2,1-2H3/t10-,11-,14-/m1/s1. The van der Waals surface area contributed by atoms with E-state index in [1.165, 1.54) is 42.2 Å². The van der Waals surface area contributed by atoms with Crippen molar-refractivity contribution in [3.05, 3.63) is 46.9 Å². The number of aromatic nitrogens is 2. The zero-order valence-electron chi connectivity index (χ0n) is 16.1. The van der Waals surface area contributed by atoms with Crippen LogP contribution >= 0.6 is 11.6 Å². The Labute approximate surface area is 175 Å². The number of hydrogen-bond donors (Lipinski definition) is 1. The van der Waals surface area contributed by atoms with E-state index in [0.717, 1.165) is 5.56 Å². The summed E-state index contributed by atoms with van der Waals surface area (Å²) in [6.07, 6.45) is -5.92. The van der Waals surface area contributed by atoms with Crippen LogP contribution in [0, 0.1) is 0 Å². The van der Waals surface area contributed by atoms with Crippen molar-refractivity contribution < 1.29 is 32.5 Å². The van der Waals surface area contributed by atoms with Crippen LogP contribution in [0.4, 0.5) is 23.8 Å². The van der Waals surface area contributed by atoms with Crippen LogP contribution in [0.1, 0.15) is 31.2 Å². The first-order valence-electron chi connectivity index (χ1n) is 9.06. The topological polar surface area (TPSA) is 84.8 Å². The molecule has 1 aliphatic rings. The van der Waals surface area contributed by atoms with Crippen molar-refractivity contribution in [1.29, 1.82) is 0 Å². The van der Waals surface area contributed by atoms with E-state index in [0.29, 0.717) is 12.2 Å². The van der Waals surface area contributed by atoms with Crippen LogP contribution in [0.3, 0.4) is 0 Å². The minimum atomic E-state index is -4.75. The Balaban J connectivity index is 1.77. The molecule has 7 nitrogen and oxygen atoms in total. The third-order valence-electron chi connectivity index (χ3n) is 4.61. The van der Waals surface area contributed by atoms with E-state index in [1.807, 2.05) is 6.92 Å². The normalized spacial score (nSPS) is 18.8. The first-order valence-corrected chi connectivity index (χ1v) is 9.44. The van der Waals surface area contributed by atoms with Gasteiger partial charge in [-0.3, -0.25) is 4.90 Å². The van der Waals surface area contributed by atoms with Gasteiger partial charge in [-0.1, -0.05) is 30.7 Å². The number of carbonyl (C=O) groups excluding carboxylic acids is 1. The van der Waals surface area contributed by atoms with E-state index >= 15 is 0 Å². The Morgan fingerprint density at radius 2 is 1.97 bits per heavy atom. The largest absolute Gasteiger partial charge is 0.573 e. The predicted octanol–water partition coefficient (Wildman–Crippen LogP) is 4.08. The lowest BCUT2D eigenvalue weighted by Crippen LogP contribution is -2.41. The Kier molecular flexibility index (Phi) is 6.37. The molecule has 1 aliphatic heterocycles. The van der Waals surface area contributed by atoms with Crippen LogP contribution in [0.2, 0.25) is 5.15 Å². The van der Waals surface area contributed by atoms with Gasteiger partial charge in [0.15, 0.2) is 0 Å². The summed E-state index contributed by atoms with van der Waals surface area (Å²) >= 11 is 6.10. The maximum atomic E-state index is 12.3. The number of amides is 1. The number of hydrogen-bond acceptors (Lipinski definition) is 6. The van der Waals surface area contributed by atoms with Crippen molar-refractivity contribution in [3.63, 3.8) is 0 Å². The van der Waals surface area contributed by atoms with Gasteiger partial charge in [-0.25, -0.2) is 14.8 Å². The third kappa shape index (κ3) is 5.31. The molecule has 2 aromatic rings. The summed E-state index contributed by atoms with van der Waals surface area (Å²) in [5, 5.41) is 10.0. The molecular formula is C19H19ClF3N3O4. The number of ether oxygens (including phenoxy) is 2. The van der Waals surface area contributed by atoms with Gasteiger partial charge in [-0.05, 0) is 30.5 Å². The fourth-order valence-electron chi connectivity index (χ4n) is 3.11. The number of carbonyl (C=O) groups is 1. The second-order valence-corrected chi connectivity index (χ2v) is 7.33. The van der Waals surface area contributed by atoms with Crippen LogP contribution in [0.25, 0.3) is 0 Å². The summed E-state index contributed by atoms with van der Waals surface area (Å²) in [5.41, 5.74) is 0.747. The molecule has 1 aromatic heterocycles. The molecule has 2 heterocycles. The molecule has 0 saturated carbocycles. The van der Waals surface area contributed by atoms with E-state index in [1.54, 1.807) is 0 Å². The van der Waals surface area contributed by atoms with Crippen LogP contribution in [0.15, 0.2) is 30.3 Å². The van der Waals surface area contributed by atoms with Gasteiger partial charge < -0.3 is 14.6 Å². The molecule has 1 N–H and O–H groups in total. The predicted molar refractivity (Wildman–Crippen MR) is 102 cm³/mol. The first kappa shape index (κ1) is 22.1. The summed E-state index contributed by atoms with van der Waals surface area (Å²) in [7, 11) is 0. The van der Waals surface area contributed by atoms with Gasteiger partial charge in [0, 0.05) is 12.5 Å². The monoisotopic (exact) mass is 445 g/mol. The van der Waals surface area contributed by atoms with Gasteiger partial charge in [0.05, 0.1) is 6.10 Å². The summed E-state index contributed by atoms with van der Waals surface area (Å²) in [6, 6.07) is 6.32. The summed E-state index contributed by atoms with van der Waals surface area (Å²) < 4.78 is 45.8. The first-order chi connectivity index (χ1) is 14.0. The van der Waals surface area contributed by atoms with Crippen LogP contribution in [-0.4, -0.2) is 46.3 Å². The number of aliphatic hydroxyl groups is 1. The van der Waals surface area contributed by atoms with E-state index in [4.69, 9.17) is 16.3 Å². The Morgan fingerprint density at radius 1 is 1.30 bits per heavy atom. The number of aliphatic hydroxyl groups excluding tert-OH is 1. The molecule has 1 amide bonds. The minimum absolute atomic E-state index is 0.0240. The Bertz CT molecular complexity index is 909. The second-order valence-electron chi connectivity index (χ2n) is 6.94. The molecule has 0 bridgehead atoms. The fourth-order valence-corrected chi connectivity index (χ4v) is 3.31. The molecule has 1 fully saturated rings. The average molecular weight is 446 g/mol. The Morgan fingerprint density at radius 3 is 2.57 bits per heavy atom. The molecule has 11 heteroatoms. The van der Waals surface area contributed by atoms with Crippen molar-refractivity contribution in [3.8, 4) is 5.75 Å². The number of cyclic esters (lactones) is 1. The van der Waals surface area contributed by atoms with Crippen LogP contribution < -0.4 is 9.64 Å². The highest BCUT2D eigenvalue weighted by Gasteiger charge is 2.38. The lowest BCUT2D eigenvalue weighted by atomic mass is 9.97. The Hall–Kier alpha value is -2.59. The molecule has 1 aromatic carbocycles. The van der Waals surface area contributed by atoms with Gasteiger partial charge in [0.25, 0.3) is 0 Å². The lowest BCUT2D eigenvalue weighted by Gasteiger charge is -2.23. The van der Waals surface area contributed by atoms with E-state index in [9.17, 15) is 23.1 Å². The zero-order chi connectivity index (χ0) is 22.1. The van der Waals surface area contributed by atoms with Crippen LogP contribution in [-0.2, 0) is 11.2 Å². The number of alkyl halides is 3. The smallest absolute Gasteiger partial charge is 0.447 e. The van der Waals surface area contributed by atoms with Gasteiger partial charge in [0.2, 0.25) is 0 Å². The van der Waals surface area contributed by atoms with Crippen molar-refractivity contribution in [2.24, 2.45) is 0 Å². The highest BCUT2D eigenvalue weighted by Crippen LogP contribution is 2.28. The maximum absolute atomic E-state index is 12.3. The van der Waals surface area contributed by atoms with E-state index < -0.39 is 24.6 Å². The van der Waals surface area contributed by atoms with Crippen molar-refractivity contribution in [2.45, 2.75) is 44.7 Å². The lowest BCUT2D eigenvalue weighted by molar-refractivity contribution is -0.274. The van der Waals surface area contributed by atoms with Crippen LogP contribution in [0.5, 0.6) is 5.75 Å². The van der Waals surface area contributed by atoms with E-state index in [2.05, 4.69) is 14.7 Å². The number of halogens is 4. The molecule has 3 rings (SSSR count). The van der Waals surface area contributed by atoms with Crippen molar-refractivity contribution >= 4 is 23.5 Å². The average Bonchev–Trinajstić information content (AvgIpc) is 3.02. The van der Waals surface area contributed by atoms with Gasteiger partial charge >= 0.3 is 12.5 Å². The number of nitrogens with zero attached hydrogens (tertiary/aromatic N) is 3. The molecule has 0 unspecified atom stereocenters. The highest BCUT2D eigenvalue weighted by atomic mass is 35.5. The van der Waals surface area contributed by atoms with Gasteiger partial charge in [-0.15, -0.1) is 13.2 Å². The quantitative estimate of drug-likeness (QED) is 0.674. The SMILES string of the molecule is C[C@H](Cc1nc(Cl)cc(N2C(=O)OC[C@@H]2[C@@H](C)O)n1)c1ccc(OC(F)(F)F)cc1. The molecule has 162 valence electrons. The number of anilines is 1. The van der Waals surface area contributed by atoms with Crippen molar-refractivity contribution in [2.75, 3.05) is 11.5 Å². The second kappa shape index (κ2) is 8.65. The third-order valence-corrected chi connectivity index (χ3v) is 4.80. The molecular weight excluding hydrogens is 427 g/mol. The molecule has 0 aliphatic carbocycles. The zero-order valence-corrected chi connectivity index (χ0v) is 16.8. The molecule has 3 atom stereocenters. The molecule has 30 heavy (non-hydrogen) atoms. The molecule has 0 radical (unpaired) electrons. The van der Waals surface area contributed by atoms with Gasteiger partial charge in [-0.2, -0.15) is 0 Å². The highest BCUT2D eigenvalue weighted by molar-refractivity contribution is 6.29. The minimum Gasteiger partial charge on any atom is -0.447 e. The maximum Gasteiger partial charge on any atom is 0.573 e. The number of benzene rings is 1. The summed E-state index contributed by atoms with van der Waals surface area (Å²) in [4.78, 5) is 21.9. The summed E-state index contributed by atoms with van der Waals surface area (Å²) in [5.74, 6) is 0.0787. The fraction of sp³-hybridized carbons (Fsp3) is 0.421. The molecule has 0 spiro atoms. The van der Waals surface area contributed by atoms with E-state index in [-0.39, 0.29) is 29.2 Å². The van der Waals surface area contributed by atoms with Crippen molar-refractivity contribution in [1.82, 2.24) is 9.97 Å². The molecule has 1 saturated heterocycles. The summed E-state index contributed by atoms with van der Waals surface area (Å²) in [6.45, 7) is 3.42. The van der Waals surface area contributed by atoms with Gasteiger partial charge in [0.1, 0.15) is 35.2 Å². The number of rotatable bonds is 6.